The van der Waals surface area contributed by atoms with E-state index in [1.54, 1.807) is 14.0 Å². The molecular formula is C14H16ClN5O2. The van der Waals surface area contributed by atoms with Crippen molar-refractivity contribution in [1.29, 1.82) is 5.26 Å². The fourth-order valence-electron chi connectivity index (χ4n) is 2.04. The van der Waals surface area contributed by atoms with Crippen LogP contribution in [0.1, 0.15) is 25.0 Å². The first-order valence-electron chi connectivity index (χ1n) is 6.42. The smallest absolute Gasteiger partial charge is 0.250 e. The molecule has 0 saturated heterocycles. The molecule has 0 saturated carbocycles. The highest BCUT2D eigenvalue weighted by molar-refractivity contribution is 6.31. The van der Waals surface area contributed by atoms with E-state index in [-0.39, 0.29) is 28.8 Å². The van der Waals surface area contributed by atoms with E-state index in [0.717, 1.165) is 0 Å². The number of amides is 1. The van der Waals surface area contributed by atoms with Gasteiger partial charge in [0.1, 0.15) is 17.0 Å². The number of halogens is 1. The van der Waals surface area contributed by atoms with Crippen LogP contribution in [0.15, 0.2) is 0 Å². The zero-order chi connectivity index (χ0) is 17.1. The van der Waals surface area contributed by atoms with E-state index in [0.29, 0.717) is 12.0 Å². The standard InChI is InChI=1S/C14H16ClN5O2/c1-5-8-9(6-16)11(15)19-12(10(8)18-3)20(4)7-14(2,22)13(17)21/h22H,5,7H2,1-2,4H3,(H2,17,21). The van der Waals surface area contributed by atoms with Gasteiger partial charge in [-0.2, -0.15) is 5.26 Å². The Morgan fingerprint density at radius 1 is 1.68 bits per heavy atom. The summed E-state index contributed by atoms with van der Waals surface area (Å²) in [5, 5.41) is 19.1. The second-order valence-corrected chi connectivity index (χ2v) is 5.36. The molecule has 1 unspecified atom stereocenters. The Labute approximate surface area is 133 Å². The number of anilines is 1. The average Bonchev–Trinajstić information content (AvgIpc) is 2.45. The number of carbonyl (C=O) groups excluding carboxylic acids is 1. The Balaban J connectivity index is 3.43. The van der Waals surface area contributed by atoms with Crippen LogP contribution in [0.3, 0.4) is 0 Å². The maximum atomic E-state index is 11.2. The first kappa shape index (κ1) is 17.7. The van der Waals surface area contributed by atoms with E-state index in [9.17, 15) is 9.90 Å². The number of aromatic nitrogens is 1. The van der Waals surface area contributed by atoms with Crippen LogP contribution in [0, 0.1) is 17.9 Å². The highest BCUT2D eigenvalue weighted by Crippen LogP contribution is 2.36. The molecule has 0 aliphatic rings. The summed E-state index contributed by atoms with van der Waals surface area (Å²) in [6.45, 7) is 10.2. The van der Waals surface area contributed by atoms with Gasteiger partial charge in [0.25, 0.3) is 5.91 Å². The minimum atomic E-state index is -1.79. The van der Waals surface area contributed by atoms with Gasteiger partial charge in [0.2, 0.25) is 5.69 Å². The molecule has 1 aromatic heterocycles. The van der Waals surface area contributed by atoms with Gasteiger partial charge in [0.15, 0.2) is 5.60 Å². The summed E-state index contributed by atoms with van der Waals surface area (Å²) >= 11 is 6.00. The topological polar surface area (TPSA) is 108 Å². The first-order valence-corrected chi connectivity index (χ1v) is 6.80. The van der Waals surface area contributed by atoms with Gasteiger partial charge >= 0.3 is 0 Å². The van der Waals surface area contributed by atoms with Crippen molar-refractivity contribution in [3.63, 3.8) is 0 Å². The van der Waals surface area contributed by atoms with Gasteiger partial charge < -0.3 is 15.7 Å². The number of nitrogens with zero attached hydrogens (tertiary/aromatic N) is 4. The van der Waals surface area contributed by atoms with E-state index in [2.05, 4.69) is 9.83 Å². The fourth-order valence-corrected chi connectivity index (χ4v) is 2.27. The lowest BCUT2D eigenvalue weighted by molar-refractivity contribution is -0.133. The molecule has 0 aromatic carbocycles. The lowest BCUT2D eigenvalue weighted by atomic mass is 10.0. The van der Waals surface area contributed by atoms with E-state index in [4.69, 9.17) is 29.2 Å². The molecule has 1 heterocycles. The Bertz CT molecular complexity index is 688. The van der Waals surface area contributed by atoms with Crippen molar-refractivity contribution in [2.45, 2.75) is 25.9 Å². The molecule has 116 valence electrons. The number of aliphatic hydroxyl groups is 1. The number of hydrogen-bond acceptors (Lipinski definition) is 5. The van der Waals surface area contributed by atoms with Crippen LogP contribution in [0.4, 0.5) is 11.5 Å². The highest BCUT2D eigenvalue weighted by atomic mass is 35.5. The summed E-state index contributed by atoms with van der Waals surface area (Å²) in [6, 6.07) is 1.94. The van der Waals surface area contributed by atoms with Gasteiger partial charge in [-0.15, -0.1) is 0 Å². The first-order chi connectivity index (χ1) is 10.2. The van der Waals surface area contributed by atoms with Crippen LogP contribution in [0.2, 0.25) is 5.15 Å². The van der Waals surface area contributed by atoms with Crippen LogP contribution in [0.5, 0.6) is 0 Å². The van der Waals surface area contributed by atoms with Crippen LogP contribution in [0.25, 0.3) is 4.85 Å². The lowest BCUT2D eigenvalue weighted by Crippen LogP contribution is -2.49. The molecule has 1 atom stereocenters. The zero-order valence-electron chi connectivity index (χ0n) is 12.5. The normalized spacial score (nSPS) is 12.9. The van der Waals surface area contributed by atoms with Crippen molar-refractivity contribution >= 4 is 29.0 Å². The molecule has 7 nitrogen and oxygen atoms in total. The summed E-state index contributed by atoms with van der Waals surface area (Å²) in [5.74, 6) is -0.698. The summed E-state index contributed by atoms with van der Waals surface area (Å²) in [5.41, 5.74) is 4.16. The van der Waals surface area contributed by atoms with Crippen LogP contribution >= 0.6 is 11.6 Å². The second kappa shape index (κ2) is 6.61. The SMILES string of the molecule is [C-]#[N+]c1c(N(C)CC(C)(O)C(N)=O)nc(Cl)c(C#N)c1CC. The summed E-state index contributed by atoms with van der Waals surface area (Å²) < 4.78 is 0. The van der Waals surface area contributed by atoms with Crippen molar-refractivity contribution in [2.75, 3.05) is 18.5 Å². The predicted molar refractivity (Wildman–Crippen MR) is 82.7 cm³/mol. The molecular weight excluding hydrogens is 306 g/mol. The average molecular weight is 322 g/mol. The van der Waals surface area contributed by atoms with Crippen molar-refractivity contribution in [3.8, 4) is 6.07 Å². The molecule has 0 radical (unpaired) electrons. The summed E-state index contributed by atoms with van der Waals surface area (Å²) in [7, 11) is 1.55. The fraction of sp³-hybridized carbons (Fsp3) is 0.429. The van der Waals surface area contributed by atoms with Crippen molar-refractivity contribution in [1.82, 2.24) is 4.98 Å². The number of hydrogen-bond donors (Lipinski definition) is 2. The van der Waals surface area contributed by atoms with Gasteiger partial charge in [-0.05, 0) is 18.9 Å². The zero-order valence-corrected chi connectivity index (χ0v) is 13.3. The molecule has 0 aliphatic carbocycles. The molecule has 0 bridgehead atoms. The van der Waals surface area contributed by atoms with Crippen LogP contribution < -0.4 is 10.6 Å². The molecule has 0 aliphatic heterocycles. The van der Waals surface area contributed by atoms with Gasteiger partial charge in [0.05, 0.1) is 18.7 Å². The maximum Gasteiger partial charge on any atom is 0.250 e. The molecule has 1 amide bonds. The molecule has 1 aromatic rings. The number of likely N-dealkylation sites (N-methyl/N-ethyl adjacent to an activating group) is 1. The van der Waals surface area contributed by atoms with Crippen molar-refractivity contribution < 1.29 is 9.90 Å². The Morgan fingerprint density at radius 3 is 2.68 bits per heavy atom. The predicted octanol–water partition coefficient (Wildman–Crippen LogP) is 1.39. The Morgan fingerprint density at radius 2 is 2.27 bits per heavy atom. The summed E-state index contributed by atoms with van der Waals surface area (Å²) in [6.07, 6.45) is 0.426. The number of primary amides is 1. The second-order valence-electron chi connectivity index (χ2n) is 5.00. The van der Waals surface area contributed by atoms with Crippen LogP contribution in [-0.4, -0.2) is 35.2 Å². The van der Waals surface area contributed by atoms with Crippen molar-refractivity contribution in [2.24, 2.45) is 5.73 Å². The van der Waals surface area contributed by atoms with Gasteiger partial charge in [-0.25, -0.2) is 9.83 Å². The highest BCUT2D eigenvalue weighted by Gasteiger charge is 2.31. The Kier molecular flexibility index (Phi) is 5.32. The number of nitrogens with two attached hydrogens (primary N) is 1. The Hall–Kier alpha value is -2.35. The number of pyridine rings is 1. The number of carbonyl (C=O) groups is 1. The molecule has 1 rings (SSSR count). The molecule has 8 heteroatoms. The van der Waals surface area contributed by atoms with E-state index in [1.165, 1.54) is 11.8 Å². The quantitative estimate of drug-likeness (QED) is 0.629. The van der Waals surface area contributed by atoms with E-state index >= 15 is 0 Å². The molecule has 22 heavy (non-hydrogen) atoms. The number of rotatable bonds is 5. The van der Waals surface area contributed by atoms with Crippen LogP contribution in [-0.2, 0) is 11.2 Å². The van der Waals surface area contributed by atoms with E-state index < -0.39 is 11.5 Å². The van der Waals surface area contributed by atoms with E-state index in [1.807, 2.05) is 6.07 Å². The third kappa shape index (κ3) is 3.28. The molecule has 0 fully saturated rings. The van der Waals surface area contributed by atoms with Gasteiger partial charge in [-0.3, -0.25) is 4.79 Å². The largest absolute Gasteiger partial charge is 0.378 e. The third-order valence-electron chi connectivity index (χ3n) is 3.22. The molecule has 0 spiro atoms. The van der Waals surface area contributed by atoms with Gasteiger partial charge in [-0.1, -0.05) is 18.5 Å². The monoisotopic (exact) mass is 321 g/mol. The summed E-state index contributed by atoms with van der Waals surface area (Å²) in [4.78, 5) is 20.1. The lowest BCUT2D eigenvalue weighted by Gasteiger charge is -2.28. The third-order valence-corrected chi connectivity index (χ3v) is 3.50. The minimum Gasteiger partial charge on any atom is -0.378 e. The maximum absolute atomic E-state index is 11.2. The number of nitriles is 1. The van der Waals surface area contributed by atoms with Crippen molar-refractivity contribution in [3.05, 3.63) is 27.7 Å². The molecule has 3 N–H and O–H groups in total. The van der Waals surface area contributed by atoms with Gasteiger partial charge in [0, 0.05) is 7.05 Å². The minimum absolute atomic E-state index is 0.0210.